The fraction of sp³-hybridized carbons (Fsp3) is 0. The van der Waals surface area contributed by atoms with Crippen LogP contribution in [0.5, 0.6) is 5.75 Å². The topological polar surface area (TPSA) is 73.9 Å². The molecule has 0 N–H and O–H groups in total. The van der Waals surface area contributed by atoms with E-state index in [1.165, 1.54) is 17.4 Å². The first-order valence-corrected chi connectivity index (χ1v) is 6.48. The molecule has 0 amide bonds. The van der Waals surface area contributed by atoms with E-state index in [9.17, 15) is 4.79 Å². The lowest BCUT2D eigenvalue weighted by atomic mass is 10.1. The van der Waals surface area contributed by atoms with Crippen molar-refractivity contribution in [3.05, 3.63) is 57.8 Å². The van der Waals surface area contributed by atoms with E-state index in [0.29, 0.717) is 16.2 Å². The number of nitriles is 2. The maximum atomic E-state index is 11.7. The third kappa shape index (κ3) is 3.32. The van der Waals surface area contributed by atoms with Crippen LogP contribution in [0.2, 0.25) is 0 Å². The number of rotatable bonds is 3. The van der Waals surface area contributed by atoms with Crippen molar-refractivity contribution in [2.24, 2.45) is 0 Å². The van der Waals surface area contributed by atoms with Gasteiger partial charge in [0.25, 0.3) is 0 Å². The highest BCUT2D eigenvalue weighted by Crippen LogP contribution is 2.17. The molecule has 1 heterocycles. The number of carbonyl (C=O) groups excluding carboxylic acids is 1. The van der Waals surface area contributed by atoms with Gasteiger partial charge >= 0.3 is 5.97 Å². The normalized spacial score (nSPS) is 9.10. The Labute approximate surface area is 119 Å². The van der Waals surface area contributed by atoms with Gasteiger partial charge in [-0.25, -0.2) is 4.79 Å². The second-order valence-electron chi connectivity index (χ2n) is 3.72. The van der Waals surface area contributed by atoms with Crippen LogP contribution >= 0.6 is 11.3 Å². The Morgan fingerprint density at radius 3 is 2.40 bits per heavy atom. The van der Waals surface area contributed by atoms with Gasteiger partial charge in [-0.1, -0.05) is 18.2 Å². The second kappa shape index (κ2) is 6.33. The zero-order chi connectivity index (χ0) is 14.4. The summed E-state index contributed by atoms with van der Waals surface area (Å²) in [6.07, 6.45) is 1.46. The van der Waals surface area contributed by atoms with Crippen LogP contribution in [0.4, 0.5) is 0 Å². The summed E-state index contributed by atoms with van der Waals surface area (Å²) < 4.78 is 5.19. The Morgan fingerprint density at radius 1 is 1.15 bits per heavy atom. The van der Waals surface area contributed by atoms with Crippen molar-refractivity contribution >= 4 is 23.4 Å². The van der Waals surface area contributed by atoms with Crippen LogP contribution in [0.3, 0.4) is 0 Å². The Hall–Kier alpha value is -2.89. The summed E-state index contributed by atoms with van der Waals surface area (Å²) in [5, 5.41) is 19.1. The molecule has 0 atom stereocenters. The van der Waals surface area contributed by atoms with E-state index in [4.69, 9.17) is 15.3 Å². The Balaban J connectivity index is 2.10. The number of thiophene rings is 1. The number of allylic oxidation sites excluding steroid dienone is 1. The van der Waals surface area contributed by atoms with Gasteiger partial charge < -0.3 is 4.74 Å². The number of ether oxygens (including phenoxy) is 1. The van der Waals surface area contributed by atoms with Crippen LogP contribution in [-0.2, 0) is 0 Å². The zero-order valence-electron chi connectivity index (χ0n) is 10.2. The van der Waals surface area contributed by atoms with Gasteiger partial charge in [0, 0.05) is 0 Å². The lowest BCUT2D eigenvalue weighted by molar-refractivity contribution is 0.0740. The molecule has 0 aliphatic rings. The maximum Gasteiger partial charge on any atom is 0.353 e. The van der Waals surface area contributed by atoms with Gasteiger partial charge in [0.05, 0.1) is 0 Å². The average Bonchev–Trinajstić information content (AvgIpc) is 3.01. The molecule has 0 aliphatic heterocycles. The van der Waals surface area contributed by atoms with Crippen LogP contribution in [0.25, 0.3) is 6.08 Å². The number of nitrogens with zero attached hydrogens (tertiary/aromatic N) is 2. The predicted octanol–water partition coefficient (Wildman–Crippen LogP) is 3.40. The smallest absolute Gasteiger partial charge is 0.353 e. The molecule has 2 aromatic rings. The minimum Gasteiger partial charge on any atom is -0.422 e. The van der Waals surface area contributed by atoms with Crippen molar-refractivity contribution in [2.75, 3.05) is 0 Å². The predicted molar refractivity (Wildman–Crippen MR) is 74.9 cm³/mol. The second-order valence-corrected chi connectivity index (χ2v) is 4.67. The highest BCUT2D eigenvalue weighted by atomic mass is 32.1. The summed E-state index contributed by atoms with van der Waals surface area (Å²) in [6.45, 7) is 0. The van der Waals surface area contributed by atoms with Crippen LogP contribution in [0.1, 0.15) is 15.2 Å². The fourth-order valence-electron chi connectivity index (χ4n) is 1.44. The van der Waals surface area contributed by atoms with Crippen LogP contribution < -0.4 is 4.74 Å². The van der Waals surface area contributed by atoms with E-state index < -0.39 is 5.97 Å². The first-order chi connectivity index (χ1) is 9.72. The molecular formula is C15H8N2O2S. The Morgan fingerprint density at radius 2 is 1.85 bits per heavy atom. The monoisotopic (exact) mass is 280 g/mol. The molecule has 0 saturated carbocycles. The molecule has 96 valence electrons. The largest absolute Gasteiger partial charge is 0.422 e. The summed E-state index contributed by atoms with van der Waals surface area (Å²) in [5.41, 5.74) is 0.715. The standard InChI is InChI=1S/C15H8N2O2S/c16-9-12(10-17)8-11-3-5-13(6-4-11)19-15(18)14-2-1-7-20-14/h1-8H. The quantitative estimate of drug-likeness (QED) is 0.490. The Kier molecular flexibility index (Phi) is 4.28. The highest BCUT2D eigenvalue weighted by Gasteiger charge is 2.08. The molecule has 4 nitrogen and oxygen atoms in total. The lowest BCUT2D eigenvalue weighted by Gasteiger charge is -2.02. The van der Waals surface area contributed by atoms with E-state index in [1.54, 1.807) is 53.9 Å². The SMILES string of the molecule is N#CC(C#N)=Cc1ccc(OC(=O)c2cccs2)cc1. The minimum atomic E-state index is -0.405. The molecular weight excluding hydrogens is 272 g/mol. The third-order valence-electron chi connectivity index (χ3n) is 2.36. The maximum absolute atomic E-state index is 11.7. The minimum absolute atomic E-state index is 0.0216. The first kappa shape index (κ1) is 13.5. The van der Waals surface area contributed by atoms with E-state index in [0.717, 1.165) is 0 Å². The summed E-state index contributed by atoms with van der Waals surface area (Å²) in [4.78, 5) is 12.3. The lowest BCUT2D eigenvalue weighted by Crippen LogP contribution is -2.05. The van der Waals surface area contributed by atoms with Gasteiger partial charge in [-0.15, -0.1) is 11.3 Å². The summed E-state index contributed by atoms with van der Waals surface area (Å²) in [6, 6.07) is 13.6. The highest BCUT2D eigenvalue weighted by molar-refractivity contribution is 7.12. The van der Waals surface area contributed by atoms with Crippen molar-refractivity contribution in [3.8, 4) is 17.9 Å². The zero-order valence-corrected chi connectivity index (χ0v) is 11.1. The fourth-order valence-corrected chi connectivity index (χ4v) is 2.04. The van der Waals surface area contributed by atoms with Crippen molar-refractivity contribution in [1.82, 2.24) is 0 Å². The molecule has 0 radical (unpaired) electrons. The number of benzene rings is 1. The molecule has 0 aliphatic carbocycles. The molecule has 5 heteroatoms. The molecule has 2 rings (SSSR count). The number of hydrogen-bond donors (Lipinski definition) is 0. The first-order valence-electron chi connectivity index (χ1n) is 5.60. The van der Waals surface area contributed by atoms with E-state index in [1.807, 2.05) is 0 Å². The van der Waals surface area contributed by atoms with Crippen molar-refractivity contribution in [2.45, 2.75) is 0 Å². The number of esters is 1. The van der Waals surface area contributed by atoms with Crippen LogP contribution in [0.15, 0.2) is 47.4 Å². The molecule has 0 fully saturated rings. The van der Waals surface area contributed by atoms with Gasteiger partial charge in [0.15, 0.2) is 0 Å². The Bertz CT molecular complexity index is 701. The molecule has 0 saturated heterocycles. The molecule has 1 aromatic carbocycles. The molecule has 0 bridgehead atoms. The van der Waals surface area contributed by atoms with Gasteiger partial charge in [0.2, 0.25) is 0 Å². The van der Waals surface area contributed by atoms with E-state index in [2.05, 4.69) is 0 Å². The number of carbonyl (C=O) groups is 1. The molecule has 0 spiro atoms. The molecule has 0 unspecified atom stereocenters. The third-order valence-corrected chi connectivity index (χ3v) is 3.21. The molecule has 20 heavy (non-hydrogen) atoms. The number of hydrogen-bond acceptors (Lipinski definition) is 5. The average molecular weight is 280 g/mol. The van der Waals surface area contributed by atoms with Gasteiger partial charge in [0.1, 0.15) is 28.3 Å². The van der Waals surface area contributed by atoms with Crippen molar-refractivity contribution in [3.63, 3.8) is 0 Å². The van der Waals surface area contributed by atoms with E-state index >= 15 is 0 Å². The summed E-state index contributed by atoms with van der Waals surface area (Å²) in [5.74, 6) is 0.00838. The summed E-state index contributed by atoms with van der Waals surface area (Å²) in [7, 11) is 0. The van der Waals surface area contributed by atoms with Crippen molar-refractivity contribution in [1.29, 1.82) is 10.5 Å². The van der Waals surface area contributed by atoms with Gasteiger partial charge in [-0.2, -0.15) is 10.5 Å². The summed E-state index contributed by atoms with van der Waals surface area (Å²) >= 11 is 1.31. The van der Waals surface area contributed by atoms with Crippen molar-refractivity contribution < 1.29 is 9.53 Å². The van der Waals surface area contributed by atoms with Crippen LogP contribution in [0, 0.1) is 22.7 Å². The van der Waals surface area contributed by atoms with Crippen LogP contribution in [-0.4, -0.2) is 5.97 Å². The van der Waals surface area contributed by atoms with Gasteiger partial charge in [-0.3, -0.25) is 0 Å². The molecule has 1 aromatic heterocycles. The van der Waals surface area contributed by atoms with E-state index in [-0.39, 0.29) is 5.57 Å². The van der Waals surface area contributed by atoms with Gasteiger partial charge in [-0.05, 0) is 35.2 Å².